The van der Waals surface area contributed by atoms with Gasteiger partial charge in [0.2, 0.25) is 0 Å². The average molecular weight is 481 g/mol. The second-order valence-electron chi connectivity index (χ2n) is 4.52. The molecule has 0 saturated carbocycles. The van der Waals surface area contributed by atoms with Gasteiger partial charge in [0, 0.05) is 11.1 Å². The van der Waals surface area contributed by atoms with Gasteiger partial charge in [0.1, 0.15) is 9.79 Å². The molecule has 0 atom stereocenters. The minimum Gasteiger partial charge on any atom is -0.545 e. The summed E-state index contributed by atoms with van der Waals surface area (Å²) in [6.07, 6.45) is 0. The molecule has 10 nitrogen and oxygen atoms in total. The van der Waals surface area contributed by atoms with Gasteiger partial charge in [-0.05, 0) is 12.1 Å². The molecule has 14 heteroatoms. The number of hydrogen-bond donors (Lipinski definition) is 2. The van der Waals surface area contributed by atoms with E-state index >= 15 is 0 Å². The van der Waals surface area contributed by atoms with Crippen molar-refractivity contribution < 1.29 is 149 Å². The van der Waals surface area contributed by atoms with Crippen LogP contribution in [0, 0.1) is 0 Å². The van der Waals surface area contributed by atoms with Gasteiger partial charge in [0.25, 0.3) is 20.2 Å². The first-order valence-corrected chi connectivity index (χ1v) is 9.29. The fraction of sp³-hybridized carbons (Fsp3) is 0. The zero-order valence-corrected chi connectivity index (χ0v) is 22.5. The SMILES string of the molecule is O=C([O-])c1ccccc1S(=O)(=O)O.O=C([O-])c1ccccc1S(=O)(=O)O.[K+].[K+]. The summed E-state index contributed by atoms with van der Waals surface area (Å²) in [5.41, 5.74) is -1.10. The molecule has 2 aromatic carbocycles. The van der Waals surface area contributed by atoms with Gasteiger partial charge in [-0.15, -0.1) is 0 Å². The van der Waals surface area contributed by atoms with E-state index in [9.17, 15) is 36.6 Å². The average Bonchev–Trinajstić information content (AvgIpc) is 2.54. The van der Waals surface area contributed by atoms with Gasteiger partial charge in [0.05, 0.1) is 11.9 Å². The number of carbonyl (C=O) groups is 2. The maximum absolute atomic E-state index is 10.6. The van der Waals surface area contributed by atoms with Crippen molar-refractivity contribution in [2.45, 2.75) is 9.79 Å². The van der Waals surface area contributed by atoms with Crippen LogP contribution in [0.1, 0.15) is 20.7 Å². The van der Waals surface area contributed by atoms with Gasteiger partial charge in [-0.2, -0.15) is 16.8 Å². The van der Waals surface area contributed by atoms with Crippen LogP contribution in [0.15, 0.2) is 58.3 Å². The van der Waals surface area contributed by atoms with E-state index in [0.29, 0.717) is 0 Å². The molecule has 28 heavy (non-hydrogen) atoms. The molecule has 0 aromatic heterocycles. The molecule has 140 valence electrons. The zero-order valence-electron chi connectivity index (χ0n) is 14.6. The normalized spacial score (nSPS) is 10.4. The molecule has 2 aromatic rings. The van der Waals surface area contributed by atoms with Gasteiger partial charge < -0.3 is 19.8 Å². The van der Waals surface area contributed by atoms with E-state index in [-0.39, 0.29) is 103 Å². The van der Waals surface area contributed by atoms with Gasteiger partial charge in [-0.1, -0.05) is 36.4 Å². The largest absolute Gasteiger partial charge is 1.00 e. The number of hydrogen-bond acceptors (Lipinski definition) is 8. The number of aromatic carboxylic acids is 2. The van der Waals surface area contributed by atoms with E-state index in [0.717, 1.165) is 24.3 Å². The monoisotopic (exact) mass is 480 g/mol. The van der Waals surface area contributed by atoms with Gasteiger partial charge in [-0.3, -0.25) is 9.11 Å². The molecule has 0 saturated heterocycles. The van der Waals surface area contributed by atoms with Crippen LogP contribution in [0.4, 0.5) is 0 Å². The van der Waals surface area contributed by atoms with Crippen LogP contribution in [-0.4, -0.2) is 37.9 Å². The molecule has 0 unspecified atom stereocenters. The summed E-state index contributed by atoms with van der Waals surface area (Å²) >= 11 is 0. The van der Waals surface area contributed by atoms with Crippen LogP contribution in [0.5, 0.6) is 0 Å². The van der Waals surface area contributed by atoms with Gasteiger partial charge in [-0.25, -0.2) is 0 Å². The Morgan fingerprint density at radius 2 is 0.893 bits per heavy atom. The molecule has 0 aliphatic heterocycles. The molecule has 0 amide bonds. The van der Waals surface area contributed by atoms with Crippen LogP contribution in [-0.2, 0) is 20.2 Å². The van der Waals surface area contributed by atoms with Crippen molar-refractivity contribution in [3.63, 3.8) is 0 Å². The van der Waals surface area contributed by atoms with E-state index in [4.69, 9.17) is 9.11 Å². The molecule has 0 spiro atoms. The standard InChI is InChI=1S/2C7H6O5S.2K/c2*8-7(9)5-3-1-2-4-6(5)13(10,11)12;;/h2*1-4H,(H,8,9)(H,10,11,12);;/q;;2*+1/p-2. The number of carbonyl (C=O) groups excluding carboxylic acids is 2. The van der Waals surface area contributed by atoms with E-state index in [1.165, 1.54) is 24.3 Å². The molecule has 0 radical (unpaired) electrons. The molecular formula is C14H10K2O10S2. The number of carboxylic acid groups (broad SMARTS) is 2. The van der Waals surface area contributed by atoms with E-state index < -0.39 is 53.1 Å². The number of carboxylic acids is 2. The Kier molecular flexibility index (Phi) is 14.2. The van der Waals surface area contributed by atoms with Crippen LogP contribution in [0.2, 0.25) is 0 Å². The van der Waals surface area contributed by atoms with E-state index in [2.05, 4.69) is 0 Å². The first-order valence-electron chi connectivity index (χ1n) is 6.41. The van der Waals surface area contributed by atoms with Crippen LogP contribution >= 0.6 is 0 Å². The summed E-state index contributed by atoms with van der Waals surface area (Å²) in [5, 5.41) is 20.8. The van der Waals surface area contributed by atoms with Crippen LogP contribution < -0.4 is 113 Å². The molecule has 2 rings (SSSR count). The predicted molar refractivity (Wildman–Crippen MR) is 81.2 cm³/mol. The zero-order chi connectivity index (χ0) is 20.1. The summed E-state index contributed by atoms with van der Waals surface area (Å²) < 4.78 is 59.7. The summed E-state index contributed by atoms with van der Waals surface area (Å²) in [5.74, 6) is -3.29. The van der Waals surface area contributed by atoms with Crippen molar-refractivity contribution in [1.82, 2.24) is 0 Å². The Labute approximate surface area is 245 Å². The van der Waals surface area contributed by atoms with Crippen molar-refractivity contribution in [3.8, 4) is 0 Å². The topological polar surface area (TPSA) is 189 Å². The predicted octanol–water partition coefficient (Wildman–Crippen LogP) is -7.40. The number of rotatable bonds is 4. The third-order valence-corrected chi connectivity index (χ3v) is 4.59. The van der Waals surface area contributed by atoms with Crippen LogP contribution in [0.25, 0.3) is 0 Å². The van der Waals surface area contributed by atoms with E-state index in [1.807, 2.05) is 0 Å². The smallest absolute Gasteiger partial charge is 0.545 e. The van der Waals surface area contributed by atoms with Gasteiger partial charge >= 0.3 is 103 Å². The summed E-state index contributed by atoms with van der Waals surface area (Å²) in [7, 11) is -9.00. The Morgan fingerprint density at radius 1 is 0.643 bits per heavy atom. The minimum absolute atomic E-state index is 0. The molecule has 2 N–H and O–H groups in total. The Morgan fingerprint density at radius 3 is 1.07 bits per heavy atom. The summed E-state index contributed by atoms with van der Waals surface area (Å²) in [6, 6.07) is 9.32. The Bertz CT molecular complexity index is 964. The molecular weight excluding hydrogens is 470 g/mol. The van der Waals surface area contributed by atoms with Gasteiger partial charge in [0.15, 0.2) is 0 Å². The van der Waals surface area contributed by atoms with Crippen LogP contribution in [0.3, 0.4) is 0 Å². The molecule has 0 fully saturated rings. The van der Waals surface area contributed by atoms with E-state index in [1.54, 1.807) is 0 Å². The molecule has 0 bridgehead atoms. The molecule has 0 heterocycles. The number of benzene rings is 2. The maximum atomic E-state index is 10.6. The fourth-order valence-electron chi connectivity index (χ4n) is 1.72. The Hall–Kier alpha value is 0.473. The van der Waals surface area contributed by atoms with Crippen molar-refractivity contribution in [3.05, 3.63) is 59.7 Å². The van der Waals surface area contributed by atoms with Crippen molar-refractivity contribution in [1.29, 1.82) is 0 Å². The second-order valence-corrected chi connectivity index (χ2v) is 7.30. The first kappa shape index (κ1) is 30.7. The fourth-order valence-corrected chi connectivity index (χ4v) is 3.08. The third kappa shape index (κ3) is 9.52. The first-order chi connectivity index (χ1) is 11.9. The minimum atomic E-state index is -4.50. The maximum Gasteiger partial charge on any atom is 1.00 e. The Balaban J connectivity index is 0. The quantitative estimate of drug-likeness (QED) is 0.314. The molecule has 0 aliphatic rings. The van der Waals surface area contributed by atoms with Crippen molar-refractivity contribution in [2.24, 2.45) is 0 Å². The van der Waals surface area contributed by atoms with Crippen molar-refractivity contribution >= 4 is 32.2 Å². The van der Waals surface area contributed by atoms with Crippen molar-refractivity contribution in [2.75, 3.05) is 0 Å². The third-order valence-electron chi connectivity index (χ3n) is 2.77. The summed E-state index contributed by atoms with van der Waals surface area (Å²) in [4.78, 5) is 19.4. The summed E-state index contributed by atoms with van der Waals surface area (Å²) in [6.45, 7) is 0. The second kappa shape index (κ2) is 13.0. The molecule has 0 aliphatic carbocycles.